The number of thiazole rings is 1. The van der Waals surface area contributed by atoms with Crippen molar-refractivity contribution >= 4 is 74.1 Å². The number of aromatic nitrogens is 1. The van der Waals surface area contributed by atoms with Crippen LogP contribution in [-0.2, 0) is 16.1 Å². The van der Waals surface area contributed by atoms with E-state index in [1.807, 2.05) is 12.1 Å². The molecule has 1 aliphatic heterocycles. The summed E-state index contributed by atoms with van der Waals surface area (Å²) in [7, 11) is 1.53. The summed E-state index contributed by atoms with van der Waals surface area (Å²) in [6, 6.07) is 15.1. The smallest absolute Gasteiger partial charge is 0.338 e. The lowest BCUT2D eigenvalue weighted by Crippen LogP contribution is -2.40. The van der Waals surface area contributed by atoms with E-state index in [4.69, 9.17) is 49.0 Å². The molecule has 1 aliphatic rings. The van der Waals surface area contributed by atoms with Gasteiger partial charge in [0.25, 0.3) is 5.56 Å². The molecule has 2 heterocycles. The SMILES string of the molecule is CCOC(=O)C1=C(C)N=c2sc(=Cc3cc(Br)c(OCc4ccc(Cl)cc4Cl)c(OC)c3)c(=O)n2[C@@H]1c1ccccc1Cl. The Morgan fingerprint density at radius 3 is 2.58 bits per heavy atom. The first-order chi connectivity index (χ1) is 20.6. The Labute approximate surface area is 274 Å². The molecule has 4 aromatic rings. The lowest BCUT2D eigenvalue weighted by atomic mass is 9.96. The first-order valence-electron chi connectivity index (χ1n) is 13.0. The Kier molecular flexibility index (Phi) is 9.68. The fourth-order valence-corrected chi connectivity index (χ4v) is 7.01. The zero-order chi connectivity index (χ0) is 30.8. The number of hydrogen-bond donors (Lipinski definition) is 0. The van der Waals surface area contributed by atoms with Crippen LogP contribution >= 0.6 is 62.1 Å². The molecule has 1 atom stereocenters. The number of benzene rings is 3. The van der Waals surface area contributed by atoms with Crippen LogP contribution in [0, 0.1) is 0 Å². The lowest BCUT2D eigenvalue weighted by molar-refractivity contribution is -0.139. The highest BCUT2D eigenvalue weighted by Crippen LogP contribution is 2.38. The monoisotopic (exact) mass is 720 g/mol. The maximum atomic E-state index is 13.9. The molecule has 43 heavy (non-hydrogen) atoms. The molecule has 0 saturated heterocycles. The van der Waals surface area contributed by atoms with Gasteiger partial charge in [0.05, 0.1) is 34.0 Å². The van der Waals surface area contributed by atoms with Crippen LogP contribution in [-0.4, -0.2) is 24.3 Å². The molecule has 0 N–H and O–H groups in total. The second kappa shape index (κ2) is 13.3. The van der Waals surface area contributed by atoms with E-state index in [1.165, 1.54) is 23.0 Å². The fraction of sp³-hybridized carbons (Fsp3) is 0.194. The summed E-state index contributed by atoms with van der Waals surface area (Å²) in [6.07, 6.45) is 1.74. The summed E-state index contributed by atoms with van der Waals surface area (Å²) in [5, 5.41) is 1.45. The molecule has 0 fully saturated rings. The van der Waals surface area contributed by atoms with Crippen molar-refractivity contribution in [2.24, 2.45) is 4.99 Å². The van der Waals surface area contributed by atoms with Crippen LogP contribution in [0.5, 0.6) is 11.5 Å². The zero-order valence-corrected chi connectivity index (χ0v) is 27.8. The average Bonchev–Trinajstić information content (AvgIpc) is 3.26. The predicted octanol–water partition coefficient (Wildman–Crippen LogP) is 7.11. The maximum absolute atomic E-state index is 13.9. The van der Waals surface area contributed by atoms with Gasteiger partial charge in [-0.2, -0.15) is 0 Å². The van der Waals surface area contributed by atoms with Gasteiger partial charge in [0.1, 0.15) is 12.6 Å². The Morgan fingerprint density at radius 2 is 1.88 bits per heavy atom. The molecule has 0 bridgehead atoms. The van der Waals surface area contributed by atoms with E-state index < -0.39 is 12.0 Å². The van der Waals surface area contributed by atoms with Gasteiger partial charge in [-0.15, -0.1) is 0 Å². The molecule has 1 aromatic heterocycles. The minimum absolute atomic E-state index is 0.179. The second-order valence-corrected chi connectivity index (χ2v) is 12.5. The van der Waals surface area contributed by atoms with E-state index in [2.05, 4.69) is 20.9 Å². The molecule has 0 unspecified atom stereocenters. The molecule has 3 aromatic carbocycles. The molecular weight excluding hydrogens is 699 g/mol. The van der Waals surface area contributed by atoms with Crippen LogP contribution in [0.3, 0.4) is 0 Å². The van der Waals surface area contributed by atoms with Crippen molar-refractivity contribution in [3.8, 4) is 11.5 Å². The van der Waals surface area contributed by atoms with Crippen molar-refractivity contribution in [2.45, 2.75) is 26.5 Å². The topological polar surface area (TPSA) is 79.1 Å². The number of nitrogens with zero attached hydrogens (tertiary/aromatic N) is 2. The molecule has 0 spiro atoms. The van der Waals surface area contributed by atoms with Crippen molar-refractivity contribution in [1.82, 2.24) is 4.57 Å². The zero-order valence-electron chi connectivity index (χ0n) is 23.1. The largest absolute Gasteiger partial charge is 0.493 e. The highest BCUT2D eigenvalue weighted by atomic mass is 79.9. The molecular formula is C31H24BrCl3N2O5S. The van der Waals surface area contributed by atoms with Gasteiger partial charge in [0.15, 0.2) is 16.3 Å². The van der Waals surface area contributed by atoms with Crippen LogP contribution in [0.4, 0.5) is 0 Å². The van der Waals surface area contributed by atoms with Gasteiger partial charge < -0.3 is 14.2 Å². The summed E-state index contributed by atoms with van der Waals surface area (Å²) < 4.78 is 19.5. The van der Waals surface area contributed by atoms with E-state index in [9.17, 15) is 9.59 Å². The summed E-state index contributed by atoms with van der Waals surface area (Å²) in [4.78, 5) is 32.1. The Morgan fingerprint density at radius 1 is 1.12 bits per heavy atom. The molecule has 0 aliphatic carbocycles. The Bertz CT molecular complexity index is 1950. The number of carbonyl (C=O) groups is 1. The molecule has 0 radical (unpaired) electrons. The van der Waals surface area contributed by atoms with Crippen molar-refractivity contribution < 1.29 is 19.0 Å². The molecule has 12 heteroatoms. The average molecular weight is 723 g/mol. The third-order valence-electron chi connectivity index (χ3n) is 6.65. The number of rotatable bonds is 8. The first-order valence-corrected chi connectivity index (χ1v) is 15.8. The molecule has 7 nitrogen and oxygen atoms in total. The number of halogens is 4. The Balaban J connectivity index is 1.58. The van der Waals surface area contributed by atoms with E-state index in [0.29, 0.717) is 57.2 Å². The predicted molar refractivity (Wildman–Crippen MR) is 173 cm³/mol. The summed E-state index contributed by atoms with van der Waals surface area (Å²) in [5.41, 5.74) is 2.44. The van der Waals surface area contributed by atoms with Gasteiger partial charge in [-0.3, -0.25) is 9.36 Å². The first kappa shape index (κ1) is 31.3. The third-order valence-corrected chi connectivity index (χ3v) is 9.16. The van der Waals surface area contributed by atoms with Crippen molar-refractivity contribution in [1.29, 1.82) is 0 Å². The number of allylic oxidation sites excluding steroid dienone is 1. The van der Waals surface area contributed by atoms with Crippen LogP contribution in [0.2, 0.25) is 15.1 Å². The summed E-state index contributed by atoms with van der Waals surface area (Å²) in [6.45, 7) is 3.82. The van der Waals surface area contributed by atoms with Crippen molar-refractivity contribution in [2.75, 3.05) is 13.7 Å². The molecule has 0 amide bonds. The Hall–Kier alpha value is -3.08. The molecule has 5 rings (SSSR count). The molecule has 222 valence electrons. The number of fused-ring (bicyclic) bond motifs is 1. The van der Waals surface area contributed by atoms with E-state index in [1.54, 1.807) is 62.4 Å². The molecule has 0 saturated carbocycles. The van der Waals surface area contributed by atoms with E-state index in [-0.39, 0.29) is 24.3 Å². The van der Waals surface area contributed by atoms with Gasteiger partial charge in [-0.25, -0.2) is 9.79 Å². The third kappa shape index (κ3) is 6.42. The quantitative estimate of drug-likeness (QED) is 0.181. The minimum Gasteiger partial charge on any atom is -0.493 e. The van der Waals surface area contributed by atoms with Crippen LogP contribution in [0.25, 0.3) is 6.08 Å². The van der Waals surface area contributed by atoms with E-state index >= 15 is 0 Å². The number of ether oxygens (including phenoxy) is 3. The number of esters is 1. The number of hydrogen-bond acceptors (Lipinski definition) is 7. The van der Waals surface area contributed by atoms with Gasteiger partial charge in [0.2, 0.25) is 0 Å². The summed E-state index contributed by atoms with van der Waals surface area (Å²) in [5.74, 6) is 0.375. The van der Waals surface area contributed by atoms with Gasteiger partial charge in [0, 0.05) is 20.6 Å². The van der Waals surface area contributed by atoms with Crippen LogP contribution in [0.1, 0.15) is 36.6 Å². The maximum Gasteiger partial charge on any atom is 0.338 e. The second-order valence-electron chi connectivity index (χ2n) is 9.38. The summed E-state index contributed by atoms with van der Waals surface area (Å²) >= 11 is 23.7. The van der Waals surface area contributed by atoms with Gasteiger partial charge in [-0.05, 0) is 77.3 Å². The van der Waals surface area contributed by atoms with Gasteiger partial charge >= 0.3 is 5.97 Å². The van der Waals surface area contributed by atoms with Crippen LogP contribution in [0.15, 0.2) is 80.1 Å². The highest BCUT2D eigenvalue weighted by molar-refractivity contribution is 9.10. The van der Waals surface area contributed by atoms with Crippen molar-refractivity contribution in [3.05, 3.63) is 122 Å². The standard InChI is InChI=1S/C31H24BrCl3N2O5S/c1-4-41-30(39)26-16(2)36-31-37(27(26)20-7-5-6-8-22(20)34)29(38)25(43-31)13-17-11-21(32)28(24(12-17)40-3)42-15-18-9-10-19(33)14-23(18)35/h5-14,27H,4,15H2,1-3H3/t27-/m1/s1. The fourth-order valence-electron chi connectivity index (χ4n) is 4.69. The van der Waals surface area contributed by atoms with E-state index in [0.717, 1.165) is 5.56 Å². The highest BCUT2D eigenvalue weighted by Gasteiger charge is 2.34. The lowest BCUT2D eigenvalue weighted by Gasteiger charge is -2.25. The normalized spacial score (nSPS) is 14.8. The number of carbonyl (C=O) groups excluding carboxylic acids is 1. The minimum atomic E-state index is -0.803. The van der Waals surface area contributed by atoms with Crippen molar-refractivity contribution in [3.63, 3.8) is 0 Å². The van der Waals surface area contributed by atoms with Crippen LogP contribution < -0.4 is 24.4 Å². The number of methoxy groups -OCH3 is 1. The van der Waals surface area contributed by atoms with Gasteiger partial charge in [-0.1, -0.05) is 70.4 Å².